The largest absolute Gasteiger partial charge is 0.310 e. The number of nitrogens with zero attached hydrogens (tertiary/aromatic N) is 1. The maximum Gasteiger partial charge on any atom is 0.124 e. The van der Waals surface area contributed by atoms with E-state index in [9.17, 15) is 4.39 Å². The number of rotatable bonds is 5. The van der Waals surface area contributed by atoms with Crippen molar-refractivity contribution in [3.05, 3.63) is 46.7 Å². The molecule has 1 saturated carbocycles. The molecule has 1 fully saturated rings. The monoisotopic (exact) mass is 288 g/mol. The second-order valence-electron chi connectivity index (χ2n) is 5.23. The molecule has 2 nitrogen and oxygen atoms in total. The van der Waals surface area contributed by atoms with Gasteiger partial charge in [-0.15, -0.1) is 11.3 Å². The number of benzene rings is 1. The van der Waals surface area contributed by atoms with Gasteiger partial charge in [-0.3, -0.25) is 0 Å². The van der Waals surface area contributed by atoms with Crippen LogP contribution in [-0.2, 0) is 0 Å². The predicted molar refractivity (Wildman–Crippen MR) is 82.2 cm³/mol. The Morgan fingerprint density at radius 3 is 2.85 bits per heavy atom. The molecular formula is C16H17FN2S. The van der Waals surface area contributed by atoms with Crippen LogP contribution in [0.3, 0.4) is 0 Å². The quantitative estimate of drug-likeness (QED) is 0.895. The van der Waals surface area contributed by atoms with Crippen LogP contribution in [0.5, 0.6) is 0 Å². The highest BCUT2D eigenvalue weighted by Gasteiger charge is 2.19. The van der Waals surface area contributed by atoms with E-state index < -0.39 is 0 Å². The highest BCUT2D eigenvalue weighted by Crippen LogP contribution is 2.25. The number of hydrogen-bond donors (Lipinski definition) is 1. The zero-order valence-corrected chi connectivity index (χ0v) is 12.2. The summed E-state index contributed by atoms with van der Waals surface area (Å²) in [4.78, 5) is 4.58. The van der Waals surface area contributed by atoms with Gasteiger partial charge in [-0.25, -0.2) is 9.37 Å². The fourth-order valence-electron chi connectivity index (χ4n) is 1.97. The average Bonchev–Trinajstić information content (AvgIpc) is 3.16. The van der Waals surface area contributed by atoms with Crippen molar-refractivity contribution in [3.8, 4) is 10.6 Å². The van der Waals surface area contributed by atoms with E-state index in [1.807, 2.05) is 5.38 Å². The predicted octanol–water partition coefficient (Wildman–Crippen LogP) is 4.10. The molecule has 4 heteroatoms. The van der Waals surface area contributed by atoms with Crippen molar-refractivity contribution in [3.63, 3.8) is 0 Å². The van der Waals surface area contributed by atoms with E-state index in [0.717, 1.165) is 28.9 Å². The molecule has 1 aromatic heterocycles. The summed E-state index contributed by atoms with van der Waals surface area (Å²) in [6.45, 7) is 3.04. The van der Waals surface area contributed by atoms with Gasteiger partial charge in [0.2, 0.25) is 0 Å². The Morgan fingerprint density at radius 1 is 1.40 bits per heavy atom. The van der Waals surface area contributed by atoms with Gasteiger partial charge in [0, 0.05) is 23.5 Å². The second kappa shape index (κ2) is 5.85. The fourth-order valence-corrected chi connectivity index (χ4v) is 2.76. The maximum absolute atomic E-state index is 12.9. The van der Waals surface area contributed by atoms with Crippen LogP contribution in [0.4, 0.5) is 4.39 Å². The lowest BCUT2D eigenvalue weighted by atomic mass is 10.2. The number of halogens is 1. The van der Waals surface area contributed by atoms with E-state index >= 15 is 0 Å². The zero-order valence-electron chi connectivity index (χ0n) is 11.4. The third-order valence-electron chi connectivity index (χ3n) is 3.25. The summed E-state index contributed by atoms with van der Waals surface area (Å²) in [6.07, 6.45) is 4.72. The van der Waals surface area contributed by atoms with Crippen LogP contribution in [-0.4, -0.2) is 17.6 Å². The molecule has 0 saturated heterocycles. The molecule has 0 atom stereocenters. The molecule has 0 radical (unpaired) electrons. The number of hydrogen-bond acceptors (Lipinski definition) is 3. The second-order valence-corrected chi connectivity index (χ2v) is 6.09. The van der Waals surface area contributed by atoms with Crippen LogP contribution in [0.25, 0.3) is 16.6 Å². The summed E-state index contributed by atoms with van der Waals surface area (Å²) in [5.41, 5.74) is 3.22. The van der Waals surface area contributed by atoms with Crippen LogP contribution in [0.15, 0.2) is 35.2 Å². The van der Waals surface area contributed by atoms with Crippen molar-refractivity contribution in [2.24, 2.45) is 0 Å². The van der Waals surface area contributed by atoms with Crippen molar-refractivity contribution < 1.29 is 4.39 Å². The molecule has 3 rings (SSSR count). The highest BCUT2D eigenvalue weighted by atomic mass is 32.1. The molecule has 20 heavy (non-hydrogen) atoms. The van der Waals surface area contributed by atoms with Gasteiger partial charge in [-0.1, -0.05) is 5.57 Å². The van der Waals surface area contributed by atoms with Gasteiger partial charge in [0.25, 0.3) is 0 Å². The van der Waals surface area contributed by atoms with Crippen LogP contribution in [0, 0.1) is 5.82 Å². The standard InChI is InChI=1S/C16H17FN2S/c1-11(9-18-14-6-7-14)8-15-10-20-16(19-15)12-2-4-13(17)5-3-12/h2-5,8,10,14,18H,6-7,9H2,1H3. The zero-order chi connectivity index (χ0) is 13.9. The van der Waals surface area contributed by atoms with E-state index in [1.54, 1.807) is 23.5 Å². The lowest BCUT2D eigenvalue weighted by Crippen LogP contribution is -2.18. The van der Waals surface area contributed by atoms with Crippen molar-refractivity contribution in [2.45, 2.75) is 25.8 Å². The first-order valence-electron chi connectivity index (χ1n) is 6.83. The molecule has 0 amide bonds. The van der Waals surface area contributed by atoms with Crippen LogP contribution >= 0.6 is 11.3 Å². The maximum atomic E-state index is 12.9. The molecule has 2 aromatic rings. The van der Waals surface area contributed by atoms with Gasteiger partial charge in [-0.2, -0.15) is 0 Å². The third kappa shape index (κ3) is 3.52. The van der Waals surface area contributed by atoms with Gasteiger partial charge in [0.15, 0.2) is 0 Å². The molecule has 1 aliphatic carbocycles. The topological polar surface area (TPSA) is 24.9 Å². The lowest BCUT2D eigenvalue weighted by Gasteiger charge is -2.01. The minimum atomic E-state index is -0.215. The van der Waals surface area contributed by atoms with Gasteiger partial charge in [-0.05, 0) is 50.1 Å². The molecular weight excluding hydrogens is 271 g/mol. The molecule has 104 valence electrons. The first-order valence-corrected chi connectivity index (χ1v) is 7.71. The Bertz CT molecular complexity index is 612. The summed E-state index contributed by atoms with van der Waals surface area (Å²) >= 11 is 1.59. The summed E-state index contributed by atoms with van der Waals surface area (Å²) in [5, 5.41) is 6.46. The van der Waals surface area contributed by atoms with E-state index in [-0.39, 0.29) is 5.82 Å². The Morgan fingerprint density at radius 2 is 2.15 bits per heavy atom. The summed E-state index contributed by atoms with van der Waals surface area (Å²) in [7, 11) is 0. The molecule has 0 aliphatic heterocycles. The number of nitrogens with one attached hydrogen (secondary N) is 1. The van der Waals surface area contributed by atoms with E-state index in [2.05, 4.69) is 23.3 Å². The highest BCUT2D eigenvalue weighted by molar-refractivity contribution is 7.13. The fraction of sp³-hybridized carbons (Fsp3) is 0.312. The Hall–Kier alpha value is -1.52. The molecule has 0 spiro atoms. The summed E-state index contributed by atoms with van der Waals surface area (Å²) in [6, 6.07) is 7.20. The van der Waals surface area contributed by atoms with E-state index in [4.69, 9.17) is 0 Å². The minimum Gasteiger partial charge on any atom is -0.310 e. The van der Waals surface area contributed by atoms with Crippen molar-refractivity contribution in [1.29, 1.82) is 0 Å². The molecule has 1 aliphatic rings. The van der Waals surface area contributed by atoms with Crippen molar-refractivity contribution in [1.82, 2.24) is 10.3 Å². The lowest BCUT2D eigenvalue weighted by molar-refractivity contribution is 0.628. The van der Waals surface area contributed by atoms with Crippen molar-refractivity contribution >= 4 is 17.4 Å². The van der Waals surface area contributed by atoms with Gasteiger partial charge in [0.05, 0.1) is 5.69 Å². The van der Waals surface area contributed by atoms with Crippen LogP contribution < -0.4 is 5.32 Å². The molecule has 0 bridgehead atoms. The van der Waals surface area contributed by atoms with Crippen LogP contribution in [0.2, 0.25) is 0 Å². The Labute approximate surface area is 122 Å². The average molecular weight is 288 g/mol. The smallest absolute Gasteiger partial charge is 0.124 e. The van der Waals surface area contributed by atoms with Crippen molar-refractivity contribution in [2.75, 3.05) is 6.54 Å². The molecule has 1 heterocycles. The number of aromatic nitrogens is 1. The van der Waals surface area contributed by atoms with Gasteiger partial charge < -0.3 is 5.32 Å². The SMILES string of the molecule is CC(=Cc1csc(-c2ccc(F)cc2)n1)CNC1CC1. The molecule has 1 N–H and O–H groups in total. The first kappa shape index (κ1) is 13.5. The van der Waals surface area contributed by atoms with Gasteiger partial charge >= 0.3 is 0 Å². The molecule has 0 unspecified atom stereocenters. The Kier molecular flexibility index (Phi) is 3.94. The Balaban J connectivity index is 1.69. The normalized spacial score (nSPS) is 15.6. The summed E-state index contributed by atoms with van der Waals surface area (Å²) in [5.74, 6) is -0.215. The van der Waals surface area contributed by atoms with E-state index in [0.29, 0.717) is 0 Å². The third-order valence-corrected chi connectivity index (χ3v) is 4.16. The van der Waals surface area contributed by atoms with Gasteiger partial charge in [0.1, 0.15) is 10.8 Å². The summed E-state index contributed by atoms with van der Waals surface area (Å²) < 4.78 is 12.9. The van der Waals surface area contributed by atoms with Crippen LogP contribution in [0.1, 0.15) is 25.5 Å². The minimum absolute atomic E-state index is 0.215. The molecule has 1 aromatic carbocycles. The number of thiazole rings is 1. The van der Waals surface area contributed by atoms with E-state index in [1.165, 1.54) is 30.5 Å². The first-order chi connectivity index (χ1) is 9.70.